The Balaban J connectivity index is 1.70. The summed E-state index contributed by atoms with van der Waals surface area (Å²) >= 11 is 5.75. The molecule has 120 valence electrons. The van der Waals surface area contributed by atoms with E-state index in [4.69, 9.17) is 11.6 Å². The largest absolute Gasteiger partial charge is 0.334 e. The smallest absolute Gasteiger partial charge is 0.315 e. The van der Waals surface area contributed by atoms with Gasteiger partial charge in [-0.25, -0.2) is 9.18 Å². The van der Waals surface area contributed by atoms with Gasteiger partial charge in [0.2, 0.25) is 5.91 Å². The first-order valence-corrected chi connectivity index (χ1v) is 7.22. The van der Waals surface area contributed by atoms with Crippen molar-refractivity contribution in [2.24, 2.45) is 0 Å². The number of hydrogen-bond donors (Lipinski definition) is 3. The van der Waals surface area contributed by atoms with Crippen LogP contribution >= 0.6 is 11.6 Å². The molecule has 3 N–H and O–H groups in total. The maximum absolute atomic E-state index is 12.7. The number of rotatable bonds is 5. The summed E-state index contributed by atoms with van der Waals surface area (Å²) in [7, 11) is 0. The van der Waals surface area contributed by atoms with Crippen molar-refractivity contribution in [1.29, 1.82) is 0 Å². The lowest BCUT2D eigenvalue weighted by atomic mass is 10.2. The van der Waals surface area contributed by atoms with Crippen LogP contribution in [0.2, 0.25) is 5.02 Å². The summed E-state index contributed by atoms with van der Waals surface area (Å²) < 4.78 is 12.7. The van der Waals surface area contributed by atoms with E-state index in [2.05, 4.69) is 16.0 Å². The van der Waals surface area contributed by atoms with Gasteiger partial charge >= 0.3 is 6.03 Å². The second kappa shape index (κ2) is 8.14. The van der Waals surface area contributed by atoms with E-state index in [1.807, 2.05) is 0 Å². The van der Waals surface area contributed by atoms with Gasteiger partial charge in [-0.05, 0) is 42.0 Å². The van der Waals surface area contributed by atoms with Crippen LogP contribution in [0.5, 0.6) is 0 Å². The van der Waals surface area contributed by atoms with Crippen molar-refractivity contribution in [2.75, 3.05) is 11.9 Å². The van der Waals surface area contributed by atoms with Gasteiger partial charge in [-0.1, -0.05) is 23.7 Å². The molecule has 0 spiro atoms. The maximum Gasteiger partial charge on any atom is 0.315 e. The molecule has 0 aliphatic heterocycles. The third kappa shape index (κ3) is 5.96. The predicted octanol–water partition coefficient (Wildman–Crippen LogP) is 2.92. The first-order chi connectivity index (χ1) is 11.0. The molecule has 0 bridgehead atoms. The van der Waals surface area contributed by atoms with E-state index in [9.17, 15) is 14.0 Å². The highest BCUT2D eigenvalue weighted by molar-refractivity contribution is 6.30. The first-order valence-electron chi connectivity index (χ1n) is 6.84. The standard InChI is InChI=1S/C16H15ClFN3O2/c17-12-3-7-14(8-4-12)21-15(22)10-20-16(23)19-9-11-1-5-13(18)6-2-11/h1-8H,9-10H2,(H,21,22)(H2,19,20,23). The fraction of sp³-hybridized carbons (Fsp3) is 0.125. The number of amides is 3. The van der Waals surface area contributed by atoms with Gasteiger partial charge in [0.05, 0.1) is 6.54 Å². The first kappa shape index (κ1) is 16.8. The summed E-state index contributed by atoms with van der Waals surface area (Å²) in [4.78, 5) is 23.3. The number of benzene rings is 2. The number of hydrogen-bond acceptors (Lipinski definition) is 2. The van der Waals surface area contributed by atoms with Crippen molar-refractivity contribution < 1.29 is 14.0 Å². The molecule has 2 aromatic carbocycles. The Labute approximate surface area is 137 Å². The third-order valence-corrected chi connectivity index (χ3v) is 3.16. The van der Waals surface area contributed by atoms with Gasteiger partial charge in [-0.2, -0.15) is 0 Å². The average molecular weight is 336 g/mol. The summed E-state index contributed by atoms with van der Waals surface area (Å²) in [5, 5.41) is 8.20. The molecule has 0 saturated carbocycles. The fourth-order valence-electron chi connectivity index (χ4n) is 1.75. The Kier molecular flexibility index (Phi) is 5.94. The van der Waals surface area contributed by atoms with Crippen LogP contribution in [0.4, 0.5) is 14.9 Å². The normalized spacial score (nSPS) is 10.0. The second-order valence-electron chi connectivity index (χ2n) is 4.72. The minimum Gasteiger partial charge on any atom is -0.334 e. The molecule has 0 saturated heterocycles. The van der Waals surface area contributed by atoms with Crippen LogP contribution in [0, 0.1) is 5.82 Å². The molecule has 23 heavy (non-hydrogen) atoms. The molecule has 0 aliphatic rings. The molecular formula is C16H15ClFN3O2. The topological polar surface area (TPSA) is 70.2 Å². The van der Waals surface area contributed by atoms with E-state index in [1.165, 1.54) is 12.1 Å². The van der Waals surface area contributed by atoms with Crippen LogP contribution < -0.4 is 16.0 Å². The van der Waals surface area contributed by atoms with E-state index in [1.54, 1.807) is 36.4 Å². The molecule has 0 unspecified atom stereocenters. The summed E-state index contributed by atoms with van der Waals surface area (Å²) in [6.45, 7) is 0.0722. The molecule has 0 atom stereocenters. The summed E-state index contributed by atoms with van der Waals surface area (Å²) in [6.07, 6.45) is 0. The van der Waals surface area contributed by atoms with Gasteiger partial charge in [-0.3, -0.25) is 4.79 Å². The van der Waals surface area contributed by atoms with Crippen molar-refractivity contribution in [3.05, 3.63) is 64.9 Å². The lowest BCUT2D eigenvalue weighted by Gasteiger charge is -2.08. The zero-order valence-electron chi connectivity index (χ0n) is 12.1. The highest BCUT2D eigenvalue weighted by Crippen LogP contribution is 2.12. The Morgan fingerprint density at radius 3 is 2.26 bits per heavy atom. The Hall–Kier alpha value is -2.60. The van der Waals surface area contributed by atoms with E-state index >= 15 is 0 Å². The zero-order chi connectivity index (χ0) is 16.7. The van der Waals surface area contributed by atoms with E-state index < -0.39 is 6.03 Å². The Morgan fingerprint density at radius 1 is 0.957 bits per heavy atom. The second-order valence-corrected chi connectivity index (χ2v) is 5.15. The van der Waals surface area contributed by atoms with Gasteiger partial charge < -0.3 is 16.0 Å². The number of carbonyl (C=O) groups is 2. The molecule has 0 aromatic heterocycles. The third-order valence-electron chi connectivity index (χ3n) is 2.90. The minimum atomic E-state index is -0.486. The van der Waals surface area contributed by atoms with E-state index in [0.29, 0.717) is 10.7 Å². The zero-order valence-corrected chi connectivity index (χ0v) is 12.9. The molecule has 0 heterocycles. The average Bonchev–Trinajstić information content (AvgIpc) is 2.54. The van der Waals surface area contributed by atoms with Gasteiger partial charge in [0.25, 0.3) is 0 Å². The lowest BCUT2D eigenvalue weighted by molar-refractivity contribution is -0.115. The van der Waals surface area contributed by atoms with Gasteiger partial charge in [0.15, 0.2) is 0 Å². The number of carbonyl (C=O) groups excluding carboxylic acids is 2. The molecule has 2 aromatic rings. The van der Waals surface area contributed by atoms with Crippen molar-refractivity contribution in [2.45, 2.75) is 6.54 Å². The van der Waals surface area contributed by atoms with Gasteiger partial charge in [0.1, 0.15) is 5.82 Å². The van der Waals surface area contributed by atoms with Gasteiger partial charge in [0, 0.05) is 17.3 Å². The molecule has 7 heteroatoms. The number of anilines is 1. The monoisotopic (exact) mass is 335 g/mol. The van der Waals surface area contributed by atoms with Crippen LogP contribution in [0.3, 0.4) is 0 Å². The van der Waals surface area contributed by atoms with Crippen molar-refractivity contribution in [3.63, 3.8) is 0 Å². The van der Waals surface area contributed by atoms with Crippen LogP contribution in [-0.2, 0) is 11.3 Å². The van der Waals surface area contributed by atoms with E-state index in [0.717, 1.165) is 5.56 Å². The predicted molar refractivity (Wildman–Crippen MR) is 86.7 cm³/mol. The molecule has 3 amide bonds. The summed E-state index contributed by atoms with van der Waals surface area (Å²) in [6, 6.07) is 11.9. The van der Waals surface area contributed by atoms with Crippen molar-refractivity contribution in [3.8, 4) is 0 Å². The quantitative estimate of drug-likeness (QED) is 0.786. The molecule has 0 radical (unpaired) electrons. The highest BCUT2D eigenvalue weighted by Gasteiger charge is 2.05. The lowest BCUT2D eigenvalue weighted by Crippen LogP contribution is -2.39. The van der Waals surface area contributed by atoms with Crippen LogP contribution in [0.15, 0.2) is 48.5 Å². The molecule has 0 fully saturated rings. The number of urea groups is 1. The van der Waals surface area contributed by atoms with Crippen LogP contribution in [-0.4, -0.2) is 18.5 Å². The van der Waals surface area contributed by atoms with E-state index in [-0.39, 0.29) is 24.8 Å². The minimum absolute atomic E-state index is 0.169. The Morgan fingerprint density at radius 2 is 1.61 bits per heavy atom. The SMILES string of the molecule is O=C(CNC(=O)NCc1ccc(F)cc1)Nc1ccc(Cl)cc1. The summed E-state index contributed by atoms with van der Waals surface area (Å²) in [5.41, 5.74) is 1.35. The molecule has 0 aliphatic carbocycles. The maximum atomic E-state index is 12.7. The van der Waals surface area contributed by atoms with Gasteiger partial charge in [-0.15, -0.1) is 0 Å². The number of nitrogens with one attached hydrogen (secondary N) is 3. The van der Waals surface area contributed by atoms with Crippen molar-refractivity contribution in [1.82, 2.24) is 10.6 Å². The van der Waals surface area contributed by atoms with Crippen LogP contribution in [0.25, 0.3) is 0 Å². The highest BCUT2D eigenvalue weighted by atomic mass is 35.5. The van der Waals surface area contributed by atoms with Crippen molar-refractivity contribution >= 4 is 29.2 Å². The Bertz CT molecular complexity index is 675. The summed E-state index contributed by atoms with van der Waals surface area (Å²) in [5.74, 6) is -0.693. The molecular weight excluding hydrogens is 321 g/mol. The molecule has 2 rings (SSSR count). The van der Waals surface area contributed by atoms with Crippen LogP contribution in [0.1, 0.15) is 5.56 Å². The fourth-order valence-corrected chi connectivity index (χ4v) is 1.87. The molecule has 5 nitrogen and oxygen atoms in total. The number of halogens is 2.